The van der Waals surface area contributed by atoms with Crippen molar-refractivity contribution in [2.75, 3.05) is 23.3 Å². The molecule has 2 N–H and O–H groups in total. The molecule has 2 aromatic carbocycles. The molecular weight excluding hydrogens is 417 g/mol. The van der Waals surface area contributed by atoms with E-state index in [1.807, 2.05) is 4.90 Å². The summed E-state index contributed by atoms with van der Waals surface area (Å²) < 4.78 is 69.2. The van der Waals surface area contributed by atoms with Gasteiger partial charge in [-0.15, -0.1) is 0 Å². The van der Waals surface area contributed by atoms with Gasteiger partial charge in [-0.05, 0) is 18.2 Å². The van der Waals surface area contributed by atoms with Crippen LogP contribution in [-0.2, 0) is 0 Å². The summed E-state index contributed by atoms with van der Waals surface area (Å²) in [6.07, 6.45) is 0.978. The average Bonchev–Trinajstić information content (AvgIpc) is 3.10. The predicted octanol–water partition coefficient (Wildman–Crippen LogP) is 5.23. The van der Waals surface area contributed by atoms with Gasteiger partial charge in [-0.25, -0.2) is 26.9 Å². The second-order valence-corrected chi connectivity index (χ2v) is 7.53. The fourth-order valence-corrected chi connectivity index (χ4v) is 3.86. The van der Waals surface area contributed by atoms with E-state index in [2.05, 4.69) is 20.5 Å². The summed E-state index contributed by atoms with van der Waals surface area (Å²) in [5, 5.41) is 9.68. The molecule has 0 saturated carbocycles. The minimum atomic E-state index is -2.66. The number of aromatic nitrogens is 2. The highest BCUT2D eigenvalue weighted by Gasteiger charge is 2.34. The number of benzene rings is 2. The van der Waals surface area contributed by atoms with Gasteiger partial charge in [-0.1, -0.05) is 0 Å². The summed E-state index contributed by atoms with van der Waals surface area (Å²) in [5.74, 6) is -6.02. The molecule has 5 rings (SSSR count). The fourth-order valence-electron chi connectivity index (χ4n) is 3.86. The zero-order valence-corrected chi connectivity index (χ0v) is 16.0. The van der Waals surface area contributed by atoms with Crippen molar-refractivity contribution >= 4 is 22.9 Å². The summed E-state index contributed by atoms with van der Waals surface area (Å²) in [6.45, 7) is 0.417. The normalized spacial score (nSPS) is 17.3. The maximum atomic E-state index is 14.4. The Labute approximate surface area is 173 Å². The molecule has 2 aliphatic heterocycles. The zero-order chi connectivity index (χ0) is 21.8. The van der Waals surface area contributed by atoms with Crippen LogP contribution < -0.4 is 10.2 Å². The van der Waals surface area contributed by atoms with Gasteiger partial charge in [0.05, 0.1) is 28.8 Å². The number of hydrogen-bond donors (Lipinski definition) is 2. The van der Waals surface area contributed by atoms with E-state index in [1.165, 1.54) is 6.20 Å². The van der Waals surface area contributed by atoms with E-state index >= 15 is 0 Å². The molecule has 2 aliphatic rings. The summed E-state index contributed by atoms with van der Waals surface area (Å²) >= 11 is 0. The van der Waals surface area contributed by atoms with Gasteiger partial charge < -0.3 is 10.2 Å². The van der Waals surface area contributed by atoms with Crippen molar-refractivity contribution < 1.29 is 22.0 Å². The number of fused-ring (bicyclic) bond motifs is 3. The second kappa shape index (κ2) is 7.07. The van der Waals surface area contributed by atoms with Gasteiger partial charge in [0.2, 0.25) is 0 Å². The lowest BCUT2D eigenvalue weighted by atomic mass is 10.0. The zero-order valence-electron chi connectivity index (χ0n) is 16.0. The number of rotatable bonds is 2. The Morgan fingerprint density at radius 2 is 1.68 bits per heavy atom. The van der Waals surface area contributed by atoms with Crippen LogP contribution >= 0.6 is 0 Å². The van der Waals surface area contributed by atoms with Gasteiger partial charge in [-0.2, -0.15) is 5.10 Å². The number of H-pyrrole nitrogens is 1. The highest BCUT2D eigenvalue weighted by molar-refractivity contribution is 6.13. The second-order valence-electron chi connectivity index (χ2n) is 7.53. The van der Waals surface area contributed by atoms with Crippen LogP contribution in [0.4, 0.5) is 39.0 Å². The van der Waals surface area contributed by atoms with Gasteiger partial charge in [0.15, 0.2) is 0 Å². The minimum Gasteiger partial charge on any atom is -0.371 e. The minimum absolute atomic E-state index is 0.137. The molecule has 3 heterocycles. The molecular formula is C21H16F5N5. The van der Waals surface area contributed by atoms with E-state index < -0.39 is 28.9 Å². The van der Waals surface area contributed by atoms with Crippen molar-refractivity contribution in [3.05, 3.63) is 59.5 Å². The summed E-state index contributed by atoms with van der Waals surface area (Å²) in [7, 11) is 0. The average molecular weight is 433 g/mol. The maximum Gasteiger partial charge on any atom is 0.251 e. The standard InChI is InChI=1S/C21H16F5N5/c22-11-7-14(23)18(15(24)8-11)20-28-16-2-1-12(31-5-3-21(25,26)4-6-31)9-13(16)19-17(29-20)10-27-30-19/h1-2,7-10H,3-6H2,(H,27,30)(H,28,29). The van der Waals surface area contributed by atoms with Gasteiger partial charge in [0, 0.05) is 49.3 Å². The van der Waals surface area contributed by atoms with Crippen molar-refractivity contribution in [1.29, 1.82) is 0 Å². The Kier molecular flexibility index (Phi) is 4.45. The first-order valence-corrected chi connectivity index (χ1v) is 9.62. The molecule has 160 valence electrons. The lowest BCUT2D eigenvalue weighted by molar-refractivity contribution is -0.0220. The number of aliphatic imine (C=N–C) groups is 1. The van der Waals surface area contributed by atoms with Crippen LogP contribution in [0.1, 0.15) is 18.4 Å². The van der Waals surface area contributed by atoms with E-state index in [1.54, 1.807) is 18.2 Å². The van der Waals surface area contributed by atoms with E-state index in [0.717, 1.165) is 5.69 Å². The molecule has 0 atom stereocenters. The Bertz CT molecular complexity index is 1170. The molecule has 0 amide bonds. The molecule has 0 bridgehead atoms. The SMILES string of the molecule is Fc1cc(F)c(C2=Nc3ccc(N4CCC(F)(F)CC4)cc3-c3[nH]ncc3N2)c(F)c1. The first-order chi connectivity index (χ1) is 14.8. The van der Waals surface area contributed by atoms with Crippen LogP contribution in [0, 0.1) is 17.5 Å². The first kappa shape index (κ1) is 19.5. The largest absolute Gasteiger partial charge is 0.371 e. The number of nitrogens with zero attached hydrogens (tertiary/aromatic N) is 3. The number of halogens is 5. The molecule has 1 saturated heterocycles. The van der Waals surface area contributed by atoms with E-state index in [0.29, 0.717) is 34.8 Å². The maximum absolute atomic E-state index is 14.4. The fraction of sp³-hybridized carbons (Fsp3) is 0.238. The molecule has 0 aliphatic carbocycles. The van der Waals surface area contributed by atoms with E-state index in [4.69, 9.17) is 0 Å². The van der Waals surface area contributed by atoms with Crippen molar-refractivity contribution in [3.63, 3.8) is 0 Å². The first-order valence-electron chi connectivity index (χ1n) is 9.62. The molecule has 5 nitrogen and oxygen atoms in total. The third-order valence-corrected chi connectivity index (χ3v) is 5.48. The number of nitrogens with one attached hydrogen (secondary N) is 2. The van der Waals surface area contributed by atoms with Crippen LogP contribution in [0.5, 0.6) is 0 Å². The summed E-state index contributed by atoms with van der Waals surface area (Å²) in [6, 6.07) is 6.32. The molecule has 0 spiro atoms. The smallest absolute Gasteiger partial charge is 0.251 e. The van der Waals surface area contributed by atoms with Gasteiger partial charge >= 0.3 is 0 Å². The molecule has 0 unspecified atom stereocenters. The lowest BCUT2D eigenvalue weighted by Gasteiger charge is -2.33. The summed E-state index contributed by atoms with van der Waals surface area (Å²) in [5.41, 5.74) is 2.16. The monoisotopic (exact) mass is 433 g/mol. The Morgan fingerprint density at radius 1 is 0.968 bits per heavy atom. The van der Waals surface area contributed by atoms with Crippen LogP contribution in [0.3, 0.4) is 0 Å². The Balaban J connectivity index is 1.59. The van der Waals surface area contributed by atoms with Gasteiger partial charge in [0.1, 0.15) is 23.3 Å². The van der Waals surface area contributed by atoms with Crippen LogP contribution in [0.15, 0.2) is 41.5 Å². The molecule has 3 aromatic rings. The van der Waals surface area contributed by atoms with Crippen molar-refractivity contribution in [2.24, 2.45) is 4.99 Å². The lowest BCUT2D eigenvalue weighted by Crippen LogP contribution is -2.39. The van der Waals surface area contributed by atoms with Crippen LogP contribution in [-0.4, -0.2) is 35.0 Å². The van der Waals surface area contributed by atoms with Crippen molar-refractivity contribution in [1.82, 2.24) is 10.2 Å². The molecule has 0 radical (unpaired) electrons. The number of alkyl halides is 2. The van der Waals surface area contributed by atoms with Crippen LogP contribution in [0.25, 0.3) is 11.3 Å². The third kappa shape index (κ3) is 3.51. The number of aromatic amines is 1. The molecule has 10 heteroatoms. The number of amidine groups is 1. The summed E-state index contributed by atoms with van der Waals surface area (Å²) in [4.78, 5) is 6.23. The van der Waals surface area contributed by atoms with Crippen molar-refractivity contribution in [2.45, 2.75) is 18.8 Å². The number of piperidine rings is 1. The van der Waals surface area contributed by atoms with Gasteiger partial charge in [0.25, 0.3) is 5.92 Å². The topological polar surface area (TPSA) is 56.3 Å². The van der Waals surface area contributed by atoms with Crippen molar-refractivity contribution in [3.8, 4) is 11.3 Å². The number of hydrogen-bond acceptors (Lipinski definition) is 4. The quantitative estimate of drug-likeness (QED) is 0.544. The highest BCUT2D eigenvalue weighted by Crippen LogP contribution is 2.40. The van der Waals surface area contributed by atoms with Gasteiger partial charge in [-0.3, -0.25) is 5.10 Å². The third-order valence-electron chi connectivity index (χ3n) is 5.48. The van der Waals surface area contributed by atoms with Crippen LogP contribution in [0.2, 0.25) is 0 Å². The Morgan fingerprint density at radius 3 is 2.39 bits per heavy atom. The number of anilines is 2. The van der Waals surface area contributed by atoms with E-state index in [-0.39, 0.29) is 31.8 Å². The Hall–Kier alpha value is -3.43. The highest BCUT2D eigenvalue weighted by atomic mass is 19.3. The molecule has 1 fully saturated rings. The molecule has 31 heavy (non-hydrogen) atoms. The van der Waals surface area contributed by atoms with E-state index in [9.17, 15) is 22.0 Å². The molecule has 1 aromatic heterocycles. The predicted molar refractivity (Wildman–Crippen MR) is 107 cm³/mol.